The zero-order valence-electron chi connectivity index (χ0n) is 8.78. The topological polar surface area (TPSA) is 63.3 Å². The Kier molecular flexibility index (Phi) is 5.69. The minimum atomic E-state index is -0.723. The second-order valence-corrected chi connectivity index (χ2v) is 5.38. The first-order valence-electron chi connectivity index (χ1n) is 4.99. The summed E-state index contributed by atoms with van der Waals surface area (Å²) in [4.78, 5) is 11.4. The average Bonchev–Trinajstić information content (AvgIpc) is 2.20. The molecule has 0 heterocycles. The zero-order chi connectivity index (χ0) is 12.0. The molecule has 0 aromatic heterocycles. The van der Waals surface area contributed by atoms with Crippen molar-refractivity contribution >= 4 is 39.3 Å². The molecule has 1 rings (SSSR count). The van der Waals surface area contributed by atoms with E-state index < -0.39 is 5.97 Å². The van der Waals surface area contributed by atoms with Crippen molar-refractivity contribution in [3.8, 4) is 0 Å². The molecule has 0 fully saturated rings. The molecule has 0 radical (unpaired) electrons. The van der Waals surface area contributed by atoms with Gasteiger partial charge in [0, 0.05) is 21.5 Å². The van der Waals surface area contributed by atoms with Gasteiger partial charge in [-0.15, -0.1) is 11.8 Å². The van der Waals surface area contributed by atoms with Crippen molar-refractivity contribution in [2.24, 2.45) is 0 Å². The molecule has 88 valence electrons. The highest BCUT2D eigenvalue weighted by atomic mass is 79.9. The maximum absolute atomic E-state index is 10.3. The zero-order valence-corrected chi connectivity index (χ0v) is 11.2. The number of nitrogens with two attached hydrogens (primary N) is 1. The summed E-state index contributed by atoms with van der Waals surface area (Å²) in [5.74, 6) is 0.203. The van der Waals surface area contributed by atoms with Crippen LogP contribution in [-0.4, -0.2) is 16.8 Å². The van der Waals surface area contributed by atoms with Gasteiger partial charge in [-0.25, -0.2) is 0 Å². The molecule has 0 spiro atoms. The van der Waals surface area contributed by atoms with Crippen LogP contribution in [0.1, 0.15) is 19.3 Å². The fraction of sp³-hybridized carbons (Fsp3) is 0.364. The van der Waals surface area contributed by atoms with E-state index in [0.717, 1.165) is 33.7 Å². The van der Waals surface area contributed by atoms with Gasteiger partial charge in [-0.1, -0.05) is 0 Å². The summed E-state index contributed by atoms with van der Waals surface area (Å²) in [7, 11) is 0. The van der Waals surface area contributed by atoms with Gasteiger partial charge in [0.1, 0.15) is 0 Å². The quantitative estimate of drug-likeness (QED) is 0.480. The van der Waals surface area contributed by atoms with Gasteiger partial charge < -0.3 is 10.8 Å². The SMILES string of the molecule is Nc1ccc(SCCCCC(=O)O)c(Br)c1. The molecule has 1 aromatic rings. The molecule has 0 aliphatic rings. The number of aliphatic carboxylic acids is 1. The van der Waals surface area contributed by atoms with Gasteiger partial charge in [0.25, 0.3) is 0 Å². The predicted molar refractivity (Wildman–Crippen MR) is 70.8 cm³/mol. The van der Waals surface area contributed by atoms with Crippen LogP contribution >= 0.6 is 27.7 Å². The first kappa shape index (κ1) is 13.4. The Bertz CT molecular complexity index is 371. The lowest BCUT2D eigenvalue weighted by molar-refractivity contribution is -0.137. The lowest BCUT2D eigenvalue weighted by Crippen LogP contribution is -1.94. The smallest absolute Gasteiger partial charge is 0.303 e. The van der Waals surface area contributed by atoms with Crippen molar-refractivity contribution in [2.45, 2.75) is 24.2 Å². The Morgan fingerprint density at radius 3 is 2.81 bits per heavy atom. The highest BCUT2D eigenvalue weighted by molar-refractivity contribution is 9.10. The Hall–Kier alpha value is -0.680. The Morgan fingerprint density at radius 1 is 1.44 bits per heavy atom. The van der Waals surface area contributed by atoms with Gasteiger partial charge in [-0.2, -0.15) is 0 Å². The molecule has 0 amide bonds. The van der Waals surface area contributed by atoms with E-state index in [-0.39, 0.29) is 6.42 Å². The van der Waals surface area contributed by atoms with E-state index in [2.05, 4.69) is 15.9 Å². The third-order valence-corrected chi connectivity index (χ3v) is 4.08. The second-order valence-electron chi connectivity index (χ2n) is 3.39. The first-order valence-corrected chi connectivity index (χ1v) is 6.77. The number of hydrogen-bond donors (Lipinski definition) is 2. The Balaban J connectivity index is 2.29. The van der Waals surface area contributed by atoms with E-state index >= 15 is 0 Å². The number of carbonyl (C=O) groups is 1. The molecule has 0 unspecified atom stereocenters. The number of thioether (sulfide) groups is 1. The largest absolute Gasteiger partial charge is 0.481 e. The molecule has 1 aromatic carbocycles. The lowest BCUT2D eigenvalue weighted by Gasteiger charge is -2.04. The molecule has 5 heteroatoms. The summed E-state index contributed by atoms with van der Waals surface area (Å²) in [5, 5.41) is 8.48. The van der Waals surface area contributed by atoms with E-state index in [1.807, 2.05) is 18.2 Å². The summed E-state index contributed by atoms with van der Waals surface area (Å²) in [6, 6.07) is 5.71. The number of rotatable bonds is 6. The van der Waals surface area contributed by atoms with Crippen LogP contribution in [0.25, 0.3) is 0 Å². The number of unbranched alkanes of at least 4 members (excludes halogenated alkanes) is 1. The lowest BCUT2D eigenvalue weighted by atomic mass is 10.2. The fourth-order valence-corrected chi connectivity index (χ4v) is 2.86. The normalized spacial score (nSPS) is 10.3. The molecule has 3 nitrogen and oxygen atoms in total. The highest BCUT2D eigenvalue weighted by Crippen LogP contribution is 2.29. The molecule has 0 saturated carbocycles. The number of hydrogen-bond acceptors (Lipinski definition) is 3. The van der Waals surface area contributed by atoms with Crippen LogP contribution in [0.15, 0.2) is 27.6 Å². The minimum absolute atomic E-state index is 0.253. The van der Waals surface area contributed by atoms with Gasteiger partial charge >= 0.3 is 5.97 Å². The van der Waals surface area contributed by atoms with Crippen molar-refractivity contribution in [3.63, 3.8) is 0 Å². The van der Waals surface area contributed by atoms with E-state index in [9.17, 15) is 4.79 Å². The van der Waals surface area contributed by atoms with E-state index in [1.165, 1.54) is 0 Å². The van der Waals surface area contributed by atoms with Crippen LogP contribution in [-0.2, 0) is 4.79 Å². The minimum Gasteiger partial charge on any atom is -0.481 e. The van der Waals surface area contributed by atoms with Crippen molar-refractivity contribution in [3.05, 3.63) is 22.7 Å². The maximum Gasteiger partial charge on any atom is 0.303 e. The summed E-state index contributed by atoms with van der Waals surface area (Å²) in [6.07, 6.45) is 1.90. The van der Waals surface area contributed by atoms with Crippen molar-refractivity contribution < 1.29 is 9.90 Å². The molecule has 0 aliphatic carbocycles. The maximum atomic E-state index is 10.3. The summed E-state index contributed by atoms with van der Waals surface area (Å²) in [5.41, 5.74) is 6.37. The second kappa shape index (κ2) is 6.81. The van der Waals surface area contributed by atoms with Crippen LogP contribution in [0.3, 0.4) is 0 Å². The van der Waals surface area contributed by atoms with Crippen LogP contribution in [0.2, 0.25) is 0 Å². The van der Waals surface area contributed by atoms with E-state index in [1.54, 1.807) is 11.8 Å². The van der Waals surface area contributed by atoms with Crippen molar-refractivity contribution in [1.82, 2.24) is 0 Å². The number of halogens is 1. The fourth-order valence-electron chi connectivity index (χ4n) is 1.19. The van der Waals surface area contributed by atoms with Gasteiger partial charge in [0.05, 0.1) is 0 Å². The molecule has 0 aliphatic heterocycles. The number of nitrogen functional groups attached to an aromatic ring is 1. The molecule has 0 bridgehead atoms. The summed E-state index contributed by atoms with van der Waals surface area (Å²) >= 11 is 5.16. The van der Waals surface area contributed by atoms with Gasteiger partial charge in [0.2, 0.25) is 0 Å². The first-order chi connectivity index (χ1) is 7.59. The number of carboxylic acid groups (broad SMARTS) is 1. The van der Waals surface area contributed by atoms with Crippen LogP contribution < -0.4 is 5.73 Å². The average molecular weight is 304 g/mol. The summed E-state index contributed by atoms with van der Waals surface area (Å²) in [6.45, 7) is 0. The van der Waals surface area contributed by atoms with Crippen LogP contribution in [0.4, 0.5) is 5.69 Å². The third-order valence-electron chi connectivity index (χ3n) is 2.00. The number of anilines is 1. The molecular formula is C11H14BrNO2S. The standard InChI is InChI=1S/C11H14BrNO2S/c12-9-7-8(13)4-5-10(9)16-6-2-1-3-11(14)15/h4-5,7H,1-3,6,13H2,(H,14,15). The van der Waals surface area contributed by atoms with Crippen molar-refractivity contribution in [1.29, 1.82) is 0 Å². The third kappa shape index (κ3) is 4.90. The number of benzene rings is 1. The van der Waals surface area contributed by atoms with Crippen molar-refractivity contribution in [2.75, 3.05) is 11.5 Å². The molecule has 3 N–H and O–H groups in total. The van der Waals surface area contributed by atoms with E-state index in [4.69, 9.17) is 10.8 Å². The molecular weight excluding hydrogens is 290 g/mol. The van der Waals surface area contributed by atoms with E-state index in [0.29, 0.717) is 0 Å². The molecule has 0 saturated heterocycles. The van der Waals surface area contributed by atoms with Crippen LogP contribution in [0, 0.1) is 0 Å². The monoisotopic (exact) mass is 303 g/mol. The molecule has 0 atom stereocenters. The van der Waals surface area contributed by atoms with Crippen LogP contribution in [0.5, 0.6) is 0 Å². The van der Waals surface area contributed by atoms with Gasteiger partial charge in [0.15, 0.2) is 0 Å². The summed E-state index contributed by atoms with van der Waals surface area (Å²) < 4.78 is 0.996. The highest BCUT2D eigenvalue weighted by Gasteiger charge is 2.01. The Morgan fingerprint density at radius 2 is 2.19 bits per heavy atom. The Labute approximate surface area is 108 Å². The molecule has 16 heavy (non-hydrogen) atoms. The van der Waals surface area contributed by atoms with Gasteiger partial charge in [-0.3, -0.25) is 4.79 Å². The number of carboxylic acids is 1. The predicted octanol–water partition coefficient (Wildman–Crippen LogP) is 3.38. The van der Waals surface area contributed by atoms with Gasteiger partial charge in [-0.05, 0) is 52.7 Å².